The van der Waals surface area contributed by atoms with Crippen molar-refractivity contribution >= 4 is 39.7 Å². The molecule has 0 aliphatic rings. The summed E-state index contributed by atoms with van der Waals surface area (Å²) in [7, 11) is 1.33. The summed E-state index contributed by atoms with van der Waals surface area (Å²) in [5.41, 5.74) is 0.936. The highest BCUT2D eigenvalue weighted by atomic mass is 35.5. The summed E-state index contributed by atoms with van der Waals surface area (Å²) in [5, 5.41) is 3.18. The second-order valence-corrected chi connectivity index (χ2v) is 5.55. The van der Waals surface area contributed by atoms with Gasteiger partial charge in [-0.15, -0.1) is 11.3 Å². The van der Waals surface area contributed by atoms with E-state index in [1.54, 1.807) is 0 Å². The first-order valence-corrected chi connectivity index (χ1v) is 7.12. The number of thiazole rings is 1. The SMILES string of the molecule is COC(=O)c1sc(-c2ccc3ccccc3c2)nc1Cl. The molecule has 0 bridgehead atoms. The highest BCUT2D eigenvalue weighted by molar-refractivity contribution is 7.17. The predicted molar refractivity (Wildman–Crippen MR) is 81.4 cm³/mol. The Kier molecular flexibility index (Phi) is 3.42. The van der Waals surface area contributed by atoms with E-state index in [2.05, 4.69) is 9.72 Å². The zero-order valence-corrected chi connectivity index (χ0v) is 12.2. The van der Waals surface area contributed by atoms with Crippen molar-refractivity contribution in [3.63, 3.8) is 0 Å². The molecule has 0 aliphatic carbocycles. The molecule has 0 amide bonds. The molecule has 1 heterocycles. The van der Waals surface area contributed by atoms with Gasteiger partial charge in [-0.05, 0) is 16.8 Å². The summed E-state index contributed by atoms with van der Waals surface area (Å²) in [6.07, 6.45) is 0. The van der Waals surface area contributed by atoms with Gasteiger partial charge in [-0.3, -0.25) is 0 Å². The number of hydrogen-bond acceptors (Lipinski definition) is 4. The van der Waals surface area contributed by atoms with Crippen LogP contribution < -0.4 is 0 Å². The van der Waals surface area contributed by atoms with E-state index in [9.17, 15) is 4.79 Å². The van der Waals surface area contributed by atoms with Crippen molar-refractivity contribution in [2.24, 2.45) is 0 Å². The van der Waals surface area contributed by atoms with Gasteiger partial charge in [0.15, 0.2) is 10.0 Å². The van der Waals surface area contributed by atoms with Crippen molar-refractivity contribution < 1.29 is 9.53 Å². The Balaban J connectivity index is 2.09. The summed E-state index contributed by atoms with van der Waals surface area (Å²) in [6.45, 7) is 0. The van der Waals surface area contributed by atoms with Gasteiger partial charge in [0.2, 0.25) is 0 Å². The molecule has 0 saturated carbocycles. The molecular weight excluding hydrogens is 294 g/mol. The molecular formula is C15H10ClNO2S. The molecule has 0 spiro atoms. The number of benzene rings is 2. The lowest BCUT2D eigenvalue weighted by molar-refractivity contribution is 0.0606. The first kappa shape index (κ1) is 13.1. The number of rotatable bonds is 2. The molecule has 0 saturated heterocycles. The van der Waals surface area contributed by atoms with Crippen LogP contribution in [-0.2, 0) is 4.74 Å². The van der Waals surface area contributed by atoms with Crippen molar-refractivity contribution in [2.75, 3.05) is 7.11 Å². The number of carbonyl (C=O) groups is 1. The molecule has 100 valence electrons. The maximum absolute atomic E-state index is 11.6. The molecule has 0 atom stereocenters. The Labute approximate surface area is 124 Å². The molecule has 20 heavy (non-hydrogen) atoms. The molecule has 1 aromatic heterocycles. The minimum atomic E-state index is -0.459. The highest BCUT2D eigenvalue weighted by Gasteiger charge is 2.18. The normalized spacial score (nSPS) is 10.7. The van der Waals surface area contributed by atoms with E-state index in [1.807, 2.05) is 42.5 Å². The van der Waals surface area contributed by atoms with E-state index in [0.717, 1.165) is 16.3 Å². The first-order chi connectivity index (χ1) is 9.69. The number of methoxy groups -OCH3 is 1. The molecule has 3 nitrogen and oxygen atoms in total. The third kappa shape index (κ3) is 2.28. The molecule has 0 aliphatic heterocycles. The second-order valence-electron chi connectivity index (χ2n) is 4.19. The molecule has 0 N–H and O–H groups in total. The Morgan fingerprint density at radius 3 is 2.70 bits per heavy atom. The van der Waals surface area contributed by atoms with Crippen LogP contribution in [0.4, 0.5) is 0 Å². The van der Waals surface area contributed by atoms with Gasteiger partial charge < -0.3 is 4.74 Å². The lowest BCUT2D eigenvalue weighted by Gasteiger charge is -2.00. The van der Waals surface area contributed by atoms with Crippen LogP contribution in [0.2, 0.25) is 5.15 Å². The number of fused-ring (bicyclic) bond motifs is 1. The lowest BCUT2D eigenvalue weighted by atomic mass is 10.1. The lowest BCUT2D eigenvalue weighted by Crippen LogP contribution is -1.98. The summed E-state index contributed by atoms with van der Waals surface area (Å²) < 4.78 is 4.68. The quantitative estimate of drug-likeness (QED) is 0.659. The Morgan fingerprint density at radius 2 is 1.95 bits per heavy atom. The maximum Gasteiger partial charge on any atom is 0.351 e. The third-order valence-corrected chi connectivity index (χ3v) is 4.42. The van der Waals surface area contributed by atoms with Gasteiger partial charge in [0.05, 0.1) is 7.11 Å². The second kappa shape index (κ2) is 5.23. The summed E-state index contributed by atoms with van der Waals surface area (Å²) in [6, 6.07) is 14.1. The van der Waals surface area contributed by atoms with Crippen LogP contribution in [0.25, 0.3) is 21.3 Å². The number of aromatic nitrogens is 1. The van der Waals surface area contributed by atoms with Gasteiger partial charge in [-0.1, -0.05) is 48.0 Å². The fraction of sp³-hybridized carbons (Fsp3) is 0.0667. The average molecular weight is 304 g/mol. The van der Waals surface area contributed by atoms with Crippen LogP contribution >= 0.6 is 22.9 Å². The Hall–Kier alpha value is -1.91. The van der Waals surface area contributed by atoms with Crippen molar-refractivity contribution in [3.8, 4) is 10.6 Å². The highest BCUT2D eigenvalue weighted by Crippen LogP contribution is 2.32. The van der Waals surface area contributed by atoms with Crippen LogP contribution in [0.15, 0.2) is 42.5 Å². The van der Waals surface area contributed by atoms with Crippen LogP contribution in [-0.4, -0.2) is 18.1 Å². The molecule has 3 aromatic rings. The van der Waals surface area contributed by atoms with E-state index >= 15 is 0 Å². The van der Waals surface area contributed by atoms with Gasteiger partial charge in [0.1, 0.15) is 5.01 Å². The van der Waals surface area contributed by atoms with E-state index < -0.39 is 5.97 Å². The fourth-order valence-corrected chi connectivity index (χ4v) is 3.17. The first-order valence-electron chi connectivity index (χ1n) is 5.93. The minimum Gasteiger partial charge on any atom is -0.465 e. The Morgan fingerprint density at radius 1 is 1.20 bits per heavy atom. The van der Waals surface area contributed by atoms with E-state index in [-0.39, 0.29) is 5.15 Å². The Bertz CT molecular complexity index is 797. The van der Waals surface area contributed by atoms with Crippen molar-refractivity contribution in [1.29, 1.82) is 0 Å². The van der Waals surface area contributed by atoms with Crippen molar-refractivity contribution in [3.05, 3.63) is 52.5 Å². The predicted octanol–water partition coefficient (Wildman–Crippen LogP) is 4.40. The zero-order chi connectivity index (χ0) is 14.1. The smallest absolute Gasteiger partial charge is 0.351 e. The maximum atomic E-state index is 11.6. The van der Waals surface area contributed by atoms with Gasteiger partial charge >= 0.3 is 5.97 Å². The van der Waals surface area contributed by atoms with Crippen molar-refractivity contribution in [1.82, 2.24) is 4.98 Å². The molecule has 3 rings (SSSR count). The zero-order valence-electron chi connectivity index (χ0n) is 10.6. The van der Waals surface area contributed by atoms with Gasteiger partial charge in [0, 0.05) is 5.56 Å². The van der Waals surface area contributed by atoms with Crippen LogP contribution in [0.5, 0.6) is 0 Å². The van der Waals surface area contributed by atoms with E-state index in [0.29, 0.717) is 9.88 Å². The van der Waals surface area contributed by atoms with Crippen LogP contribution in [0.1, 0.15) is 9.67 Å². The number of carbonyl (C=O) groups excluding carboxylic acids is 1. The van der Waals surface area contributed by atoms with Crippen LogP contribution in [0, 0.1) is 0 Å². The fourth-order valence-electron chi connectivity index (χ4n) is 1.97. The number of hydrogen-bond donors (Lipinski definition) is 0. The molecule has 2 aromatic carbocycles. The largest absolute Gasteiger partial charge is 0.465 e. The number of nitrogens with zero attached hydrogens (tertiary/aromatic N) is 1. The van der Waals surface area contributed by atoms with E-state index in [4.69, 9.17) is 11.6 Å². The molecule has 0 unspecified atom stereocenters. The van der Waals surface area contributed by atoms with Gasteiger partial charge in [0.25, 0.3) is 0 Å². The van der Waals surface area contributed by atoms with E-state index in [1.165, 1.54) is 18.4 Å². The molecule has 5 heteroatoms. The molecule has 0 radical (unpaired) electrons. The standard InChI is InChI=1S/C15H10ClNO2S/c1-19-15(18)12-13(16)17-14(20-12)11-7-6-9-4-2-3-5-10(9)8-11/h2-8H,1H3. The number of esters is 1. The number of ether oxygens (including phenoxy) is 1. The summed E-state index contributed by atoms with van der Waals surface area (Å²) >= 11 is 7.22. The third-order valence-electron chi connectivity index (χ3n) is 2.95. The summed E-state index contributed by atoms with van der Waals surface area (Å²) in [5.74, 6) is -0.459. The monoisotopic (exact) mass is 303 g/mol. The number of halogens is 1. The molecule has 0 fully saturated rings. The topological polar surface area (TPSA) is 39.2 Å². The average Bonchev–Trinajstić information content (AvgIpc) is 2.88. The minimum absolute atomic E-state index is 0.185. The van der Waals surface area contributed by atoms with Crippen molar-refractivity contribution in [2.45, 2.75) is 0 Å². The summed E-state index contributed by atoms with van der Waals surface area (Å²) in [4.78, 5) is 16.1. The van der Waals surface area contributed by atoms with Gasteiger partial charge in [-0.25, -0.2) is 9.78 Å². The van der Waals surface area contributed by atoms with Gasteiger partial charge in [-0.2, -0.15) is 0 Å². The van der Waals surface area contributed by atoms with Crippen LogP contribution in [0.3, 0.4) is 0 Å².